The Bertz CT molecular complexity index is 134. The molecule has 0 aromatic heterocycles. The van der Waals surface area contributed by atoms with E-state index in [-0.39, 0.29) is 0 Å². The van der Waals surface area contributed by atoms with Gasteiger partial charge in [0, 0.05) is 30.0 Å². The van der Waals surface area contributed by atoms with Gasteiger partial charge in [-0.25, -0.2) is 0 Å². The summed E-state index contributed by atoms with van der Waals surface area (Å²) in [7, 11) is -2.09. The molecule has 0 amide bonds. The topological polar surface area (TPSA) is 52.5 Å². The van der Waals surface area contributed by atoms with Crippen molar-refractivity contribution in [3.05, 3.63) is 0 Å². The first-order valence-corrected chi connectivity index (χ1v) is 4.95. The summed E-state index contributed by atoms with van der Waals surface area (Å²) in [6.07, 6.45) is 0. The molecule has 2 saturated heterocycles. The van der Waals surface area contributed by atoms with Gasteiger partial charge in [-0.15, -0.1) is 0 Å². The average molecular weight is 149 g/mol. The summed E-state index contributed by atoms with van der Waals surface area (Å²) < 4.78 is 18.0. The van der Waals surface area contributed by atoms with Crippen LogP contribution in [-0.4, -0.2) is 33.7 Å². The summed E-state index contributed by atoms with van der Waals surface area (Å²) in [4.78, 5) is 0. The molecule has 1 spiro atoms. The fourth-order valence-electron chi connectivity index (χ4n) is 1.62. The molecule has 0 saturated carbocycles. The number of hydrogen-bond acceptors (Lipinski definition) is 3. The van der Waals surface area contributed by atoms with Crippen LogP contribution in [0.25, 0.3) is 0 Å². The van der Waals surface area contributed by atoms with Crippen molar-refractivity contribution in [2.75, 3.05) is 24.6 Å². The second-order valence-corrected chi connectivity index (χ2v) is 5.38. The van der Waals surface area contributed by atoms with Crippen LogP contribution >= 0.6 is 10.6 Å². The molecule has 2 aliphatic heterocycles. The summed E-state index contributed by atoms with van der Waals surface area (Å²) >= 11 is 0. The van der Waals surface area contributed by atoms with Gasteiger partial charge in [-0.05, 0) is 0 Å². The highest BCUT2D eigenvalue weighted by atomic mass is 32.3. The Balaban J connectivity index is 1.96. The van der Waals surface area contributed by atoms with Crippen molar-refractivity contribution in [2.24, 2.45) is 5.41 Å². The maximum Gasteiger partial charge on any atom is 0.0470 e. The maximum absolute atomic E-state index is 9.02. The van der Waals surface area contributed by atoms with E-state index >= 15 is 0 Å². The molecule has 3 nitrogen and oxygen atoms in total. The van der Waals surface area contributed by atoms with Gasteiger partial charge in [-0.2, -0.15) is 10.6 Å². The summed E-state index contributed by atoms with van der Waals surface area (Å²) in [6.45, 7) is 1.98. The fourth-order valence-corrected chi connectivity index (χ4v) is 3.91. The molecular formula is C5H11NO2S. The van der Waals surface area contributed by atoms with Crippen LogP contribution in [0.15, 0.2) is 0 Å². The Hall–Kier alpha value is 0.230. The Morgan fingerprint density at radius 3 is 1.89 bits per heavy atom. The van der Waals surface area contributed by atoms with Crippen molar-refractivity contribution < 1.29 is 9.11 Å². The molecule has 0 aliphatic carbocycles. The molecule has 0 unspecified atom stereocenters. The summed E-state index contributed by atoms with van der Waals surface area (Å²) in [5.74, 6) is 1.29. The van der Waals surface area contributed by atoms with E-state index < -0.39 is 10.6 Å². The molecule has 3 N–H and O–H groups in total. The molecule has 9 heavy (non-hydrogen) atoms. The van der Waals surface area contributed by atoms with Gasteiger partial charge in [0.15, 0.2) is 0 Å². The van der Waals surface area contributed by atoms with Gasteiger partial charge in [0.05, 0.1) is 0 Å². The van der Waals surface area contributed by atoms with Crippen LogP contribution in [0.5, 0.6) is 0 Å². The van der Waals surface area contributed by atoms with Crippen molar-refractivity contribution in [1.82, 2.24) is 5.32 Å². The Kier molecular flexibility index (Phi) is 0.962. The zero-order valence-electron chi connectivity index (χ0n) is 5.13. The van der Waals surface area contributed by atoms with E-state index in [2.05, 4.69) is 5.32 Å². The lowest BCUT2D eigenvalue weighted by atomic mass is 9.85. The van der Waals surface area contributed by atoms with Crippen molar-refractivity contribution in [1.29, 1.82) is 0 Å². The van der Waals surface area contributed by atoms with Gasteiger partial charge in [-0.3, -0.25) is 9.11 Å². The third-order valence-electron chi connectivity index (χ3n) is 2.07. The van der Waals surface area contributed by atoms with Crippen molar-refractivity contribution in [2.45, 2.75) is 0 Å². The normalized spacial score (nSPS) is 38.9. The van der Waals surface area contributed by atoms with E-state index in [0.29, 0.717) is 16.9 Å². The average Bonchev–Trinajstić information content (AvgIpc) is 1.54. The largest absolute Gasteiger partial charge is 0.315 e. The smallest absolute Gasteiger partial charge is 0.0470 e. The fraction of sp³-hybridized carbons (Fsp3) is 1.00. The van der Waals surface area contributed by atoms with Crippen LogP contribution in [0, 0.1) is 5.41 Å². The molecule has 2 rings (SSSR count). The zero-order chi connectivity index (χ0) is 6.54. The SMILES string of the molecule is OS1(O)CC2(CNC2)C1. The predicted octanol–water partition coefficient (Wildman–Crippen LogP) is 0.340. The molecule has 0 atom stereocenters. The lowest BCUT2D eigenvalue weighted by Crippen LogP contribution is -2.65. The van der Waals surface area contributed by atoms with Gasteiger partial charge in [-0.1, -0.05) is 0 Å². The third-order valence-corrected chi connectivity index (χ3v) is 4.22. The van der Waals surface area contributed by atoms with Gasteiger partial charge in [0.25, 0.3) is 0 Å². The van der Waals surface area contributed by atoms with Gasteiger partial charge >= 0.3 is 0 Å². The van der Waals surface area contributed by atoms with E-state index in [1.54, 1.807) is 0 Å². The summed E-state index contributed by atoms with van der Waals surface area (Å²) in [5.41, 5.74) is 0.304. The van der Waals surface area contributed by atoms with E-state index in [0.717, 1.165) is 13.1 Å². The summed E-state index contributed by atoms with van der Waals surface area (Å²) in [6, 6.07) is 0. The van der Waals surface area contributed by atoms with Crippen LogP contribution in [-0.2, 0) is 0 Å². The van der Waals surface area contributed by atoms with Gasteiger partial charge in [0.2, 0.25) is 0 Å². The molecule has 0 aromatic carbocycles. The molecule has 4 heteroatoms. The lowest BCUT2D eigenvalue weighted by Gasteiger charge is -2.60. The first-order valence-electron chi connectivity index (χ1n) is 3.06. The predicted molar refractivity (Wildman–Crippen MR) is 37.9 cm³/mol. The number of hydrogen-bond donors (Lipinski definition) is 3. The van der Waals surface area contributed by atoms with E-state index in [1.165, 1.54) is 0 Å². The standard InChI is InChI=1S/C5H11NO2S/c7-9(8)3-5(4-9)1-6-2-5/h6-8H,1-4H2. The second-order valence-electron chi connectivity index (χ2n) is 3.19. The highest BCUT2D eigenvalue weighted by Gasteiger charge is 2.52. The highest BCUT2D eigenvalue weighted by Crippen LogP contribution is 2.59. The van der Waals surface area contributed by atoms with Crippen molar-refractivity contribution in [3.8, 4) is 0 Å². The van der Waals surface area contributed by atoms with Crippen LogP contribution in [0.4, 0.5) is 0 Å². The van der Waals surface area contributed by atoms with Crippen LogP contribution in [0.3, 0.4) is 0 Å². The number of nitrogens with one attached hydrogen (secondary N) is 1. The minimum Gasteiger partial charge on any atom is -0.315 e. The van der Waals surface area contributed by atoms with E-state index in [1.807, 2.05) is 0 Å². The van der Waals surface area contributed by atoms with Gasteiger partial charge < -0.3 is 5.32 Å². The lowest BCUT2D eigenvalue weighted by molar-refractivity contribution is 0.192. The van der Waals surface area contributed by atoms with Crippen molar-refractivity contribution >= 4 is 10.6 Å². The first-order chi connectivity index (χ1) is 4.12. The van der Waals surface area contributed by atoms with Gasteiger partial charge in [0.1, 0.15) is 0 Å². The molecule has 0 radical (unpaired) electrons. The van der Waals surface area contributed by atoms with E-state index in [9.17, 15) is 0 Å². The first kappa shape index (κ1) is 5.97. The molecular weight excluding hydrogens is 138 g/mol. The van der Waals surface area contributed by atoms with Crippen LogP contribution in [0.2, 0.25) is 0 Å². The Morgan fingerprint density at radius 1 is 1.22 bits per heavy atom. The Morgan fingerprint density at radius 2 is 1.78 bits per heavy atom. The molecule has 2 fully saturated rings. The zero-order valence-corrected chi connectivity index (χ0v) is 5.95. The van der Waals surface area contributed by atoms with E-state index in [4.69, 9.17) is 9.11 Å². The maximum atomic E-state index is 9.02. The molecule has 2 aliphatic rings. The second kappa shape index (κ2) is 1.45. The molecule has 0 bridgehead atoms. The number of rotatable bonds is 0. The summed E-state index contributed by atoms with van der Waals surface area (Å²) in [5, 5.41) is 3.13. The monoisotopic (exact) mass is 149 g/mol. The minimum atomic E-state index is -2.09. The van der Waals surface area contributed by atoms with Crippen LogP contribution in [0.1, 0.15) is 0 Å². The third kappa shape index (κ3) is 0.781. The van der Waals surface area contributed by atoms with Crippen molar-refractivity contribution in [3.63, 3.8) is 0 Å². The molecule has 2 heterocycles. The quantitative estimate of drug-likeness (QED) is 0.465. The molecule has 54 valence electrons. The molecule has 0 aromatic rings. The highest BCUT2D eigenvalue weighted by molar-refractivity contribution is 8.25. The minimum absolute atomic E-state index is 0.304. The van der Waals surface area contributed by atoms with Crippen LogP contribution < -0.4 is 5.32 Å². The Labute approximate surface area is 55.8 Å².